The summed E-state index contributed by atoms with van der Waals surface area (Å²) in [6.07, 6.45) is -0.903. The number of nitrogens with zero attached hydrogens (tertiary/aromatic N) is 1. The van der Waals surface area contributed by atoms with Gasteiger partial charge in [-0.15, -0.1) is 0 Å². The number of amides is 1. The number of carbonyl (C=O) groups excluding carboxylic acids is 1. The molecule has 1 aromatic carbocycles. The zero-order valence-electron chi connectivity index (χ0n) is 11.1. The van der Waals surface area contributed by atoms with Crippen LogP contribution in [-0.2, 0) is 20.7 Å². The van der Waals surface area contributed by atoms with Crippen LogP contribution in [0.15, 0.2) is 24.3 Å². The van der Waals surface area contributed by atoms with Crippen LogP contribution in [0.1, 0.15) is 12.5 Å². The topological polar surface area (TPSA) is 66.8 Å². The monoisotopic (exact) mass is 389 g/mol. The summed E-state index contributed by atoms with van der Waals surface area (Å²) >= 11 is 2.19. The highest BCUT2D eigenvalue weighted by atomic mass is 127. The highest BCUT2D eigenvalue weighted by Crippen LogP contribution is 2.16. The number of carbonyl (C=O) groups is 2. The fourth-order valence-electron chi connectivity index (χ4n) is 2.21. The molecule has 1 aliphatic heterocycles. The summed E-state index contributed by atoms with van der Waals surface area (Å²) in [5.74, 6) is -1.08. The first-order chi connectivity index (χ1) is 9.47. The molecule has 1 amide bonds. The lowest BCUT2D eigenvalue weighted by atomic mass is 10.1. The third-order valence-electron chi connectivity index (χ3n) is 3.19. The standard InChI is InChI=1S/C14H16INO4/c1-9-7-16(8-12(20-9)14(18)19)13(17)6-10-4-2-3-5-11(10)15/h2-5,9,12H,6-8H2,1H3,(H,18,19)/t9-,12?/m1/s1. The minimum absolute atomic E-state index is 0.0597. The molecular weight excluding hydrogens is 373 g/mol. The number of hydrogen-bond acceptors (Lipinski definition) is 3. The molecule has 6 heteroatoms. The third-order valence-corrected chi connectivity index (χ3v) is 4.24. The van der Waals surface area contributed by atoms with Gasteiger partial charge in [-0.3, -0.25) is 4.79 Å². The van der Waals surface area contributed by atoms with E-state index in [4.69, 9.17) is 9.84 Å². The van der Waals surface area contributed by atoms with Crippen LogP contribution in [0.3, 0.4) is 0 Å². The average molecular weight is 389 g/mol. The van der Waals surface area contributed by atoms with Crippen LogP contribution in [-0.4, -0.2) is 47.2 Å². The zero-order chi connectivity index (χ0) is 14.7. The number of benzene rings is 1. The molecule has 20 heavy (non-hydrogen) atoms. The van der Waals surface area contributed by atoms with Gasteiger partial charge in [-0.05, 0) is 41.1 Å². The van der Waals surface area contributed by atoms with Crippen molar-refractivity contribution in [3.63, 3.8) is 0 Å². The molecular formula is C14H16INO4. The number of morpholine rings is 1. The van der Waals surface area contributed by atoms with E-state index in [1.807, 2.05) is 24.3 Å². The molecule has 1 N–H and O–H groups in total. The number of carboxylic acid groups (broad SMARTS) is 1. The van der Waals surface area contributed by atoms with Crippen molar-refractivity contribution >= 4 is 34.5 Å². The van der Waals surface area contributed by atoms with Gasteiger partial charge in [-0.2, -0.15) is 0 Å². The summed E-state index contributed by atoms with van der Waals surface area (Å²) in [4.78, 5) is 24.9. The molecule has 5 nitrogen and oxygen atoms in total. The molecule has 1 unspecified atom stereocenters. The normalized spacial score (nSPS) is 22.6. The van der Waals surface area contributed by atoms with Crippen LogP contribution in [0.2, 0.25) is 0 Å². The Kier molecular flexibility index (Phi) is 4.98. The average Bonchev–Trinajstić information content (AvgIpc) is 2.40. The second-order valence-electron chi connectivity index (χ2n) is 4.84. The van der Waals surface area contributed by atoms with Gasteiger partial charge in [-0.25, -0.2) is 4.79 Å². The van der Waals surface area contributed by atoms with E-state index < -0.39 is 12.1 Å². The second-order valence-corrected chi connectivity index (χ2v) is 6.00. The Balaban J connectivity index is 2.05. The quantitative estimate of drug-likeness (QED) is 0.797. The van der Waals surface area contributed by atoms with Crippen molar-refractivity contribution in [2.24, 2.45) is 0 Å². The Labute approximate surface area is 131 Å². The van der Waals surface area contributed by atoms with E-state index in [9.17, 15) is 9.59 Å². The Hall–Kier alpha value is -1.15. The molecule has 2 rings (SSSR count). The molecule has 1 aliphatic rings. The Morgan fingerprint density at radius 3 is 2.75 bits per heavy atom. The van der Waals surface area contributed by atoms with Gasteiger partial charge in [0.1, 0.15) is 0 Å². The van der Waals surface area contributed by atoms with Gasteiger partial charge in [0.05, 0.1) is 19.1 Å². The summed E-state index contributed by atoms with van der Waals surface area (Å²) in [6.45, 7) is 2.33. The van der Waals surface area contributed by atoms with E-state index >= 15 is 0 Å². The number of hydrogen-bond donors (Lipinski definition) is 1. The SMILES string of the molecule is C[C@@H]1CN(C(=O)Cc2ccccc2I)CC(C(=O)O)O1. The fraction of sp³-hybridized carbons (Fsp3) is 0.429. The molecule has 108 valence electrons. The Bertz CT molecular complexity index is 520. The van der Waals surface area contributed by atoms with Gasteiger partial charge in [0.25, 0.3) is 0 Å². The van der Waals surface area contributed by atoms with Crippen molar-refractivity contribution in [3.05, 3.63) is 33.4 Å². The highest BCUT2D eigenvalue weighted by Gasteiger charge is 2.32. The molecule has 0 aliphatic carbocycles. The van der Waals surface area contributed by atoms with Crippen molar-refractivity contribution in [3.8, 4) is 0 Å². The predicted octanol–water partition coefficient (Wildman–Crippen LogP) is 1.53. The van der Waals surface area contributed by atoms with Gasteiger partial charge in [-0.1, -0.05) is 18.2 Å². The maximum absolute atomic E-state index is 12.3. The van der Waals surface area contributed by atoms with E-state index in [0.29, 0.717) is 6.54 Å². The summed E-state index contributed by atoms with van der Waals surface area (Å²) in [6, 6.07) is 7.68. The first-order valence-corrected chi connectivity index (χ1v) is 7.44. The van der Waals surface area contributed by atoms with Crippen LogP contribution < -0.4 is 0 Å². The summed E-state index contributed by atoms with van der Waals surface area (Å²) in [7, 11) is 0. The van der Waals surface area contributed by atoms with Crippen molar-refractivity contribution in [1.29, 1.82) is 0 Å². The van der Waals surface area contributed by atoms with E-state index in [1.165, 1.54) is 0 Å². The van der Waals surface area contributed by atoms with Crippen LogP contribution in [0, 0.1) is 3.57 Å². The maximum Gasteiger partial charge on any atom is 0.334 e. The van der Waals surface area contributed by atoms with Gasteiger partial charge in [0.2, 0.25) is 5.91 Å². The van der Waals surface area contributed by atoms with Crippen molar-refractivity contribution in [2.45, 2.75) is 25.6 Å². The first-order valence-electron chi connectivity index (χ1n) is 6.37. The molecule has 1 aromatic rings. The number of rotatable bonds is 3. The molecule has 0 saturated carbocycles. The number of carboxylic acids is 1. The smallest absolute Gasteiger partial charge is 0.334 e. The lowest BCUT2D eigenvalue weighted by Crippen LogP contribution is -2.52. The number of halogens is 1. The lowest BCUT2D eigenvalue weighted by molar-refractivity contribution is -0.166. The largest absolute Gasteiger partial charge is 0.479 e. The van der Waals surface area contributed by atoms with Gasteiger partial charge in [0.15, 0.2) is 6.10 Å². The molecule has 0 radical (unpaired) electrons. The number of ether oxygens (including phenoxy) is 1. The van der Waals surface area contributed by atoms with Gasteiger partial charge >= 0.3 is 5.97 Å². The second kappa shape index (κ2) is 6.53. The van der Waals surface area contributed by atoms with Crippen LogP contribution in [0.4, 0.5) is 0 Å². The summed E-state index contributed by atoms with van der Waals surface area (Å²) < 4.78 is 6.34. The van der Waals surface area contributed by atoms with Gasteiger partial charge < -0.3 is 14.7 Å². The summed E-state index contributed by atoms with van der Waals surface area (Å²) in [5, 5.41) is 9.03. The number of aliphatic carboxylic acids is 1. The minimum Gasteiger partial charge on any atom is -0.479 e. The molecule has 0 bridgehead atoms. The van der Waals surface area contributed by atoms with E-state index in [-0.39, 0.29) is 25.0 Å². The van der Waals surface area contributed by atoms with Crippen LogP contribution in [0.5, 0.6) is 0 Å². The van der Waals surface area contributed by atoms with Crippen molar-refractivity contribution < 1.29 is 19.4 Å². The van der Waals surface area contributed by atoms with Crippen molar-refractivity contribution in [2.75, 3.05) is 13.1 Å². The zero-order valence-corrected chi connectivity index (χ0v) is 13.2. The first kappa shape index (κ1) is 15.2. The van der Waals surface area contributed by atoms with Crippen molar-refractivity contribution in [1.82, 2.24) is 4.90 Å². The minimum atomic E-state index is -1.02. The van der Waals surface area contributed by atoms with Gasteiger partial charge in [0, 0.05) is 10.1 Å². The van der Waals surface area contributed by atoms with Crippen LogP contribution >= 0.6 is 22.6 Å². The van der Waals surface area contributed by atoms with E-state index in [2.05, 4.69) is 22.6 Å². The molecule has 0 aromatic heterocycles. The summed E-state index contributed by atoms with van der Waals surface area (Å²) in [5.41, 5.74) is 0.962. The van der Waals surface area contributed by atoms with E-state index in [0.717, 1.165) is 9.13 Å². The maximum atomic E-state index is 12.3. The van der Waals surface area contributed by atoms with E-state index in [1.54, 1.807) is 11.8 Å². The Morgan fingerprint density at radius 2 is 2.10 bits per heavy atom. The lowest BCUT2D eigenvalue weighted by Gasteiger charge is -2.35. The Morgan fingerprint density at radius 1 is 1.40 bits per heavy atom. The highest BCUT2D eigenvalue weighted by molar-refractivity contribution is 14.1. The molecule has 1 saturated heterocycles. The predicted molar refractivity (Wildman–Crippen MR) is 81.4 cm³/mol. The molecule has 2 atom stereocenters. The van der Waals surface area contributed by atoms with Crippen LogP contribution in [0.25, 0.3) is 0 Å². The molecule has 1 fully saturated rings. The molecule has 1 heterocycles. The molecule has 0 spiro atoms. The fourth-order valence-corrected chi connectivity index (χ4v) is 2.79. The third kappa shape index (κ3) is 3.69.